The summed E-state index contributed by atoms with van der Waals surface area (Å²) in [6.07, 6.45) is 6.42. The lowest BCUT2D eigenvalue weighted by Gasteiger charge is -2.47. The van der Waals surface area contributed by atoms with Crippen LogP contribution in [-0.2, 0) is 22.0 Å². The lowest BCUT2D eigenvalue weighted by atomic mass is 9.89. The molecule has 0 spiro atoms. The fraction of sp³-hybridized carbons (Fsp3) is 0.257. The maximum absolute atomic E-state index is 14.0. The number of aromatic nitrogens is 6. The number of ether oxygens (including phenoxy) is 1. The van der Waals surface area contributed by atoms with E-state index in [1.54, 1.807) is 84.3 Å². The van der Waals surface area contributed by atoms with Crippen molar-refractivity contribution in [3.05, 3.63) is 95.3 Å². The number of fused-ring (bicyclic) bond motifs is 2. The summed E-state index contributed by atoms with van der Waals surface area (Å²) in [5, 5.41) is 15.9. The van der Waals surface area contributed by atoms with E-state index in [4.69, 9.17) is 16.3 Å². The largest absolute Gasteiger partial charge is 0.497 e. The van der Waals surface area contributed by atoms with Gasteiger partial charge in [-0.3, -0.25) is 23.4 Å². The first-order valence-corrected chi connectivity index (χ1v) is 17.7. The van der Waals surface area contributed by atoms with E-state index < -0.39 is 15.6 Å². The molecular weight excluding hydrogens is 680 g/mol. The SMILES string of the molecule is CCS(=O)(=O)N1CC(CC#N)(n2cc(-c3ncnc4c3ccn4C(=O)Cc3c(C)n(C(=O)c4ccc(Cl)cc4)c4ccc(OC)cc34)cn2)C1. The predicted molar refractivity (Wildman–Crippen MR) is 187 cm³/mol. The minimum Gasteiger partial charge on any atom is -0.497 e. The van der Waals surface area contributed by atoms with Crippen molar-refractivity contribution in [2.24, 2.45) is 0 Å². The molecule has 1 aliphatic rings. The van der Waals surface area contributed by atoms with Crippen molar-refractivity contribution in [1.82, 2.24) is 33.2 Å². The van der Waals surface area contributed by atoms with Crippen LogP contribution in [0.5, 0.6) is 5.75 Å². The van der Waals surface area contributed by atoms with Gasteiger partial charge in [-0.05, 0) is 67.9 Å². The van der Waals surface area contributed by atoms with Crippen LogP contribution in [-0.4, -0.2) is 79.4 Å². The Morgan fingerprint density at radius 3 is 2.54 bits per heavy atom. The number of nitriles is 1. The summed E-state index contributed by atoms with van der Waals surface area (Å²) in [4.78, 5) is 36.7. The Balaban J connectivity index is 1.22. The molecule has 1 saturated heterocycles. The van der Waals surface area contributed by atoms with Crippen LogP contribution in [0, 0.1) is 18.3 Å². The number of sulfonamides is 1. The maximum atomic E-state index is 14.0. The number of carbonyl (C=O) groups is 2. The molecule has 6 aromatic rings. The Bertz CT molecular complexity index is 2470. The van der Waals surface area contributed by atoms with Gasteiger partial charge >= 0.3 is 0 Å². The van der Waals surface area contributed by atoms with Crippen LogP contribution in [0.1, 0.15) is 39.8 Å². The first-order chi connectivity index (χ1) is 24.0. The molecule has 0 aliphatic carbocycles. The minimum absolute atomic E-state index is 0.0219. The number of benzene rings is 2. The van der Waals surface area contributed by atoms with E-state index in [0.29, 0.717) is 60.8 Å². The molecule has 5 heterocycles. The van der Waals surface area contributed by atoms with Crippen molar-refractivity contribution >= 4 is 55.4 Å². The fourth-order valence-electron chi connectivity index (χ4n) is 6.59. The molecule has 0 saturated carbocycles. The van der Waals surface area contributed by atoms with Crippen LogP contribution in [0.15, 0.2) is 73.4 Å². The summed E-state index contributed by atoms with van der Waals surface area (Å²) in [6.45, 7) is 3.69. The van der Waals surface area contributed by atoms with Crippen molar-refractivity contribution < 1.29 is 22.7 Å². The van der Waals surface area contributed by atoms with Gasteiger partial charge in [-0.15, -0.1) is 0 Å². The number of rotatable bonds is 9. The number of nitrogens with zero attached hydrogens (tertiary/aromatic N) is 8. The molecule has 13 nitrogen and oxygen atoms in total. The Kier molecular flexibility index (Phi) is 8.29. The highest BCUT2D eigenvalue weighted by molar-refractivity contribution is 7.89. The standard InChI is InChI=1S/C35H31ClN8O5S/c1-4-50(47,48)41-19-35(20-41,12-13-37)43-18-24(17-40-43)32-27-11-14-42(33(27)39-21-38-32)31(45)16-28-22(2)44(30-10-9-26(49-3)15-29(28)30)34(46)23-5-7-25(36)8-6-23/h5-11,14-15,17-18,21H,4,12,16,19-20H2,1-3H3. The zero-order chi connectivity index (χ0) is 35.4. The summed E-state index contributed by atoms with van der Waals surface area (Å²) < 4.78 is 36.4. The van der Waals surface area contributed by atoms with E-state index >= 15 is 0 Å². The van der Waals surface area contributed by atoms with E-state index in [9.17, 15) is 23.3 Å². The molecule has 2 aromatic carbocycles. The van der Waals surface area contributed by atoms with Gasteiger partial charge in [-0.1, -0.05) is 11.6 Å². The highest BCUT2D eigenvalue weighted by Gasteiger charge is 2.49. The summed E-state index contributed by atoms with van der Waals surface area (Å²) in [5.41, 5.74) is 3.14. The highest BCUT2D eigenvalue weighted by atomic mass is 35.5. The molecule has 254 valence electrons. The fourth-order valence-corrected chi connectivity index (χ4v) is 7.96. The van der Waals surface area contributed by atoms with Crippen LogP contribution in [0.3, 0.4) is 0 Å². The van der Waals surface area contributed by atoms with Crippen molar-refractivity contribution in [1.29, 1.82) is 5.26 Å². The van der Waals surface area contributed by atoms with E-state index in [1.807, 2.05) is 13.0 Å². The third-order valence-electron chi connectivity index (χ3n) is 9.36. The number of hydrogen-bond acceptors (Lipinski definition) is 9. The molecule has 1 aliphatic heterocycles. The van der Waals surface area contributed by atoms with Gasteiger partial charge in [0.25, 0.3) is 5.91 Å². The smallest absolute Gasteiger partial charge is 0.262 e. The zero-order valence-corrected chi connectivity index (χ0v) is 28.9. The van der Waals surface area contributed by atoms with E-state index in [1.165, 1.54) is 15.2 Å². The number of methoxy groups -OCH3 is 1. The molecular formula is C35H31ClN8O5S. The molecule has 0 radical (unpaired) electrons. The van der Waals surface area contributed by atoms with Crippen LogP contribution in [0.2, 0.25) is 5.02 Å². The Hall–Kier alpha value is -5.36. The number of halogens is 1. The average Bonchev–Trinajstić information content (AvgIpc) is 3.83. The lowest BCUT2D eigenvalue weighted by molar-refractivity contribution is 0.0719. The summed E-state index contributed by atoms with van der Waals surface area (Å²) >= 11 is 6.06. The summed E-state index contributed by atoms with van der Waals surface area (Å²) in [6, 6.07) is 16.0. The molecule has 1 fully saturated rings. The highest BCUT2D eigenvalue weighted by Crippen LogP contribution is 2.36. The van der Waals surface area contributed by atoms with Gasteiger partial charge in [0.05, 0.1) is 49.2 Å². The Labute approximate surface area is 292 Å². The molecule has 50 heavy (non-hydrogen) atoms. The first-order valence-electron chi connectivity index (χ1n) is 15.7. The van der Waals surface area contributed by atoms with Gasteiger partial charge in [0.15, 0.2) is 5.65 Å². The molecule has 15 heteroatoms. The summed E-state index contributed by atoms with van der Waals surface area (Å²) in [7, 11) is -1.84. The second-order valence-electron chi connectivity index (χ2n) is 12.2. The third-order valence-corrected chi connectivity index (χ3v) is 11.4. The third kappa shape index (κ3) is 5.43. The topological polar surface area (TPSA) is 158 Å². The van der Waals surface area contributed by atoms with Gasteiger partial charge < -0.3 is 4.74 Å². The van der Waals surface area contributed by atoms with Gasteiger partial charge in [0.2, 0.25) is 15.9 Å². The van der Waals surface area contributed by atoms with Crippen molar-refractivity contribution in [2.45, 2.75) is 32.2 Å². The van der Waals surface area contributed by atoms with Crippen molar-refractivity contribution in [2.75, 3.05) is 26.0 Å². The second kappa shape index (κ2) is 12.5. The zero-order valence-electron chi connectivity index (χ0n) is 27.4. The molecule has 0 amide bonds. The van der Waals surface area contributed by atoms with Crippen LogP contribution >= 0.6 is 11.6 Å². The second-order valence-corrected chi connectivity index (χ2v) is 14.9. The molecule has 0 bridgehead atoms. The summed E-state index contributed by atoms with van der Waals surface area (Å²) in [5.74, 6) is 0.0376. The van der Waals surface area contributed by atoms with Crippen molar-refractivity contribution in [3.8, 4) is 23.1 Å². The van der Waals surface area contributed by atoms with Gasteiger partial charge in [0.1, 0.15) is 17.6 Å². The van der Waals surface area contributed by atoms with Crippen LogP contribution in [0.25, 0.3) is 33.2 Å². The van der Waals surface area contributed by atoms with Gasteiger partial charge in [-0.25, -0.2) is 18.4 Å². The number of hydrogen-bond donors (Lipinski definition) is 0. The normalized spacial score (nSPS) is 14.5. The molecule has 4 aromatic heterocycles. The molecule has 0 N–H and O–H groups in total. The molecule has 7 rings (SSSR count). The maximum Gasteiger partial charge on any atom is 0.262 e. The quantitative estimate of drug-likeness (QED) is 0.200. The monoisotopic (exact) mass is 710 g/mol. The predicted octanol–water partition coefficient (Wildman–Crippen LogP) is 5.07. The van der Waals surface area contributed by atoms with Crippen LogP contribution < -0.4 is 4.74 Å². The Morgan fingerprint density at radius 2 is 1.84 bits per heavy atom. The van der Waals surface area contributed by atoms with Crippen molar-refractivity contribution in [3.63, 3.8) is 0 Å². The van der Waals surface area contributed by atoms with E-state index in [2.05, 4.69) is 21.1 Å². The minimum atomic E-state index is -3.40. The van der Waals surface area contributed by atoms with E-state index in [0.717, 1.165) is 0 Å². The van der Waals surface area contributed by atoms with Gasteiger partial charge in [-0.2, -0.15) is 14.7 Å². The Morgan fingerprint density at radius 1 is 1.08 bits per heavy atom. The molecule has 0 atom stereocenters. The van der Waals surface area contributed by atoms with Gasteiger partial charge in [0, 0.05) is 58.1 Å². The van der Waals surface area contributed by atoms with E-state index in [-0.39, 0.29) is 43.5 Å². The average molecular weight is 711 g/mol. The van der Waals surface area contributed by atoms with Crippen LogP contribution in [0.4, 0.5) is 0 Å². The first kappa shape index (κ1) is 33.2. The molecule has 0 unspecified atom stereocenters. The lowest BCUT2D eigenvalue weighted by Crippen LogP contribution is -2.64. The number of carbonyl (C=O) groups excluding carboxylic acids is 2.